The predicted octanol–water partition coefficient (Wildman–Crippen LogP) is 2.82. The first kappa shape index (κ1) is 12.3. The summed E-state index contributed by atoms with van der Waals surface area (Å²) in [4.78, 5) is 2.37. The molecule has 15 heavy (non-hydrogen) atoms. The van der Waals surface area contributed by atoms with Crippen LogP contribution in [0.2, 0.25) is 0 Å². The zero-order chi connectivity index (χ0) is 11.1. The number of nitrogens with zero attached hydrogens (tertiary/aromatic N) is 1. The highest BCUT2D eigenvalue weighted by atomic mass is 16.5. The maximum atomic E-state index is 5.70. The van der Waals surface area contributed by atoms with Gasteiger partial charge in [0.2, 0.25) is 0 Å². The standard InChI is InChI=1S/C13H23NO/c1-4-14(5-2)10-11-15-13-8-6-12(3)7-9-13/h6,8-9,12H,4-5,7,10-11H2,1-3H3. The minimum absolute atomic E-state index is 0.667. The van der Waals surface area contributed by atoms with Gasteiger partial charge in [-0.3, -0.25) is 0 Å². The Labute approximate surface area is 93.6 Å². The molecule has 1 aliphatic rings. The van der Waals surface area contributed by atoms with E-state index in [1.54, 1.807) is 0 Å². The maximum Gasteiger partial charge on any atom is 0.115 e. The summed E-state index contributed by atoms with van der Waals surface area (Å²) in [5.74, 6) is 1.71. The number of hydrogen-bond acceptors (Lipinski definition) is 2. The van der Waals surface area contributed by atoms with Crippen LogP contribution in [0.15, 0.2) is 24.0 Å². The third-order valence-electron chi connectivity index (χ3n) is 2.85. The SMILES string of the molecule is CCN(CC)CCOC1=CCC(C)C=C1. The molecule has 1 atom stereocenters. The molecule has 2 nitrogen and oxygen atoms in total. The molecule has 0 saturated carbocycles. The number of ether oxygens (including phenoxy) is 1. The summed E-state index contributed by atoms with van der Waals surface area (Å²) in [6.07, 6.45) is 7.60. The molecule has 86 valence electrons. The lowest BCUT2D eigenvalue weighted by molar-refractivity contribution is 0.170. The van der Waals surface area contributed by atoms with E-state index in [-0.39, 0.29) is 0 Å². The summed E-state index contributed by atoms with van der Waals surface area (Å²) in [5.41, 5.74) is 0. The van der Waals surface area contributed by atoms with E-state index in [2.05, 4.69) is 43.9 Å². The van der Waals surface area contributed by atoms with Crippen LogP contribution in [0.25, 0.3) is 0 Å². The molecule has 2 heteroatoms. The van der Waals surface area contributed by atoms with E-state index in [0.29, 0.717) is 5.92 Å². The summed E-state index contributed by atoms with van der Waals surface area (Å²) >= 11 is 0. The van der Waals surface area contributed by atoms with Crippen molar-refractivity contribution in [2.24, 2.45) is 5.92 Å². The Balaban J connectivity index is 2.18. The van der Waals surface area contributed by atoms with Gasteiger partial charge in [-0.05, 0) is 37.6 Å². The van der Waals surface area contributed by atoms with Crippen LogP contribution in [-0.2, 0) is 4.74 Å². The summed E-state index contributed by atoms with van der Waals surface area (Å²) < 4.78 is 5.70. The predicted molar refractivity (Wildman–Crippen MR) is 64.7 cm³/mol. The van der Waals surface area contributed by atoms with E-state index in [1.807, 2.05) is 0 Å². The van der Waals surface area contributed by atoms with E-state index in [4.69, 9.17) is 4.74 Å². The van der Waals surface area contributed by atoms with Gasteiger partial charge < -0.3 is 9.64 Å². The highest BCUT2D eigenvalue weighted by molar-refractivity contribution is 5.17. The van der Waals surface area contributed by atoms with Gasteiger partial charge in [0.25, 0.3) is 0 Å². The van der Waals surface area contributed by atoms with Gasteiger partial charge in [-0.25, -0.2) is 0 Å². The summed E-state index contributed by atoms with van der Waals surface area (Å²) in [6, 6.07) is 0. The molecule has 0 fully saturated rings. The second-order valence-corrected chi connectivity index (χ2v) is 4.05. The summed E-state index contributed by atoms with van der Waals surface area (Å²) in [6.45, 7) is 10.6. The van der Waals surface area contributed by atoms with Crippen molar-refractivity contribution in [2.45, 2.75) is 27.2 Å². The summed E-state index contributed by atoms with van der Waals surface area (Å²) in [7, 11) is 0. The number of allylic oxidation sites excluding steroid dienone is 3. The van der Waals surface area contributed by atoms with Crippen molar-refractivity contribution in [2.75, 3.05) is 26.2 Å². The molecule has 0 saturated heterocycles. The van der Waals surface area contributed by atoms with Crippen LogP contribution in [-0.4, -0.2) is 31.1 Å². The van der Waals surface area contributed by atoms with Gasteiger partial charge in [-0.2, -0.15) is 0 Å². The van der Waals surface area contributed by atoms with Crippen LogP contribution in [0.1, 0.15) is 27.2 Å². The number of likely N-dealkylation sites (N-methyl/N-ethyl adjacent to an activating group) is 1. The molecule has 0 radical (unpaired) electrons. The topological polar surface area (TPSA) is 12.5 Å². The molecule has 0 aromatic heterocycles. The van der Waals surface area contributed by atoms with E-state index >= 15 is 0 Å². The van der Waals surface area contributed by atoms with Crippen LogP contribution in [0, 0.1) is 5.92 Å². The van der Waals surface area contributed by atoms with Crippen LogP contribution < -0.4 is 0 Å². The lowest BCUT2D eigenvalue weighted by atomic mass is 10.0. The zero-order valence-electron chi connectivity index (χ0n) is 10.2. The zero-order valence-corrected chi connectivity index (χ0v) is 10.2. The molecule has 0 N–H and O–H groups in total. The third kappa shape index (κ3) is 4.52. The Bertz CT molecular complexity index is 229. The first-order valence-corrected chi connectivity index (χ1v) is 5.99. The molecule has 0 aromatic carbocycles. The fourth-order valence-corrected chi connectivity index (χ4v) is 1.65. The molecule has 1 rings (SSSR count). The fourth-order valence-electron chi connectivity index (χ4n) is 1.65. The minimum Gasteiger partial charge on any atom is -0.493 e. The van der Waals surface area contributed by atoms with Crippen molar-refractivity contribution in [3.05, 3.63) is 24.0 Å². The van der Waals surface area contributed by atoms with Crippen molar-refractivity contribution in [1.29, 1.82) is 0 Å². The average Bonchev–Trinajstić information content (AvgIpc) is 2.27. The molecule has 1 unspecified atom stereocenters. The van der Waals surface area contributed by atoms with E-state index in [9.17, 15) is 0 Å². The van der Waals surface area contributed by atoms with Gasteiger partial charge in [0.15, 0.2) is 0 Å². The Morgan fingerprint density at radius 2 is 2.13 bits per heavy atom. The molecule has 0 amide bonds. The molecule has 0 aromatic rings. The van der Waals surface area contributed by atoms with Gasteiger partial charge in [0, 0.05) is 6.54 Å². The third-order valence-corrected chi connectivity index (χ3v) is 2.85. The lowest BCUT2D eigenvalue weighted by Crippen LogP contribution is -2.26. The molecule has 0 aliphatic heterocycles. The Morgan fingerprint density at radius 1 is 1.40 bits per heavy atom. The van der Waals surface area contributed by atoms with Crippen molar-refractivity contribution >= 4 is 0 Å². The number of hydrogen-bond donors (Lipinski definition) is 0. The van der Waals surface area contributed by atoms with Crippen molar-refractivity contribution in [3.8, 4) is 0 Å². The van der Waals surface area contributed by atoms with Crippen LogP contribution >= 0.6 is 0 Å². The highest BCUT2D eigenvalue weighted by Crippen LogP contribution is 2.15. The Morgan fingerprint density at radius 3 is 2.67 bits per heavy atom. The Kier molecular flexibility index (Phi) is 5.48. The molecule has 0 bridgehead atoms. The average molecular weight is 209 g/mol. The van der Waals surface area contributed by atoms with E-state index in [0.717, 1.165) is 38.4 Å². The van der Waals surface area contributed by atoms with Crippen molar-refractivity contribution in [3.63, 3.8) is 0 Å². The molecular formula is C13H23NO. The first-order chi connectivity index (χ1) is 7.26. The highest BCUT2D eigenvalue weighted by Gasteiger charge is 2.04. The van der Waals surface area contributed by atoms with E-state index < -0.39 is 0 Å². The van der Waals surface area contributed by atoms with Gasteiger partial charge in [0.1, 0.15) is 12.4 Å². The van der Waals surface area contributed by atoms with Gasteiger partial charge in [-0.1, -0.05) is 26.8 Å². The van der Waals surface area contributed by atoms with Crippen LogP contribution in [0.3, 0.4) is 0 Å². The lowest BCUT2D eigenvalue weighted by Gasteiger charge is -2.19. The van der Waals surface area contributed by atoms with Crippen molar-refractivity contribution < 1.29 is 4.74 Å². The molecule has 0 spiro atoms. The quantitative estimate of drug-likeness (QED) is 0.667. The maximum absolute atomic E-state index is 5.70. The minimum atomic E-state index is 0.667. The van der Waals surface area contributed by atoms with Gasteiger partial charge >= 0.3 is 0 Å². The smallest absolute Gasteiger partial charge is 0.115 e. The van der Waals surface area contributed by atoms with Crippen LogP contribution in [0.4, 0.5) is 0 Å². The van der Waals surface area contributed by atoms with Gasteiger partial charge in [-0.15, -0.1) is 0 Å². The molecular weight excluding hydrogens is 186 g/mol. The number of rotatable bonds is 6. The first-order valence-electron chi connectivity index (χ1n) is 5.99. The van der Waals surface area contributed by atoms with E-state index in [1.165, 1.54) is 0 Å². The van der Waals surface area contributed by atoms with Gasteiger partial charge in [0.05, 0.1) is 0 Å². The largest absolute Gasteiger partial charge is 0.493 e. The summed E-state index contributed by atoms with van der Waals surface area (Å²) in [5, 5.41) is 0. The fraction of sp³-hybridized carbons (Fsp3) is 0.692. The molecule has 1 aliphatic carbocycles. The van der Waals surface area contributed by atoms with Crippen molar-refractivity contribution in [1.82, 2.24) is 4.90 Å². The molecule has 0 heterocycles. The second kappa shape index (κ2) is 6.67. The van der Waals surface area contributed by atoms with Crippen LogP contribution in [0.5, 0.6) is 0 Å². The Hall–Kier alpha value is -0.760. The second-order valence-electron chi connectivity index (χ2n) is 4.05. The monoisotopic (exact) mass is 209 g/mol. The normalized spacial score (nSPS) is 20.5.